The van der Waals surface area contributed by atoms with E-state index in [0.717, 1.165) is 33.8 Å². The predicted octanol–water partition coefficient (Wildman–Crippen LogP) is 4.56. The number of hydrogen-bond acceptors (Lipinski definition) is 5. The van der Waals surface area contributed by atoms with Crippen molar-refractivity contribution in [1.29, 1.82) is 0 Å². The van der Waals surface area contributed by atoms with E-state index in [2.05, 4.69) is 17.2 Å². The van der Waals surface area contributed by atoms with Crippen LogP contribution in [0.25, 0.3) is 11.0 Å². The van der Waals surface area contributed by atoms with Crippen LogP contribution in [-0.2, 0) is 4.74 Å². The number of aromatic nitrogens is 2. The Morgan fingerprint density at radius 3 is 2.74 bits per heavy atom. The molecule has 23 heavy (non-hydrogen) atoms. The van der Waals surface area contributed by atoms with Crippen LogP contribution in [0, 0.1) is 11.8 Å². The van der Waals surface area contributed by atoms with Crippen LogP contribution >= 0.6 is 12.2 Å². The first-order valence-corrected chi connectivity index (χ1v) is 8.87. The maximum atomic E-state index is 5.69. The average Bonchev–Trinajstić information content (AvgIpc) is 3.07. The minimum absolute atomic E-state index is 0.405. The van der Waals surface area contributed by atoms with E-state index in [4.69, 9.17) is 21.6 Å². The van der Waals surface area contributed by atoms with Crippen LogP contribution in [0.5, 0.6) is 0 Å². The van der Waals surface area contributed by atoms with Gasteiger partial charge in [0.25, 0.3) is 0 Å². The Bertz CT molecular complexity index is 662. The molecule has 124 valence electrons. The van der Waals surface area contributed by atoms with Crippen LogP contribution in [0.4, 0.5) is 0 Å². The molecule has 0 aliphatic heterocycles. The molecule has 0 N–H and O–H groups in total. The van der Waals surface area contributed by atoms with Gasteiger partial charge in [0.15, 0.2) is 0 Å². The molecule has 1 aromatic heterocycles. The average molecular weight is 332 g/mol. The van der Waals surface area contributed by atoms with E-state index in [-0.39, 0.29) is 0 Å². The minimum atomic E-state index is 0.405. The van der Waals surface area contributed by atoms with E-state index >= 15 is 0 Å². The molecule has 1 aliphatic rings. The quantitative estimate of drug-likeness (QED) is 0.573. The van der Waals surface area contributed by atoms with E-state index < -0.39 is 0 Å². The summed E-state index contributed by atoms with van der Waals surface area (Å²) < 4.78 is 10.2. The van der Waals surface area contributed by atoms with Gasteiger partial charge in [-0.05, 0) is 78.4 Å². The molecule has 0 amide bonds. The third-order valence-corrected chi connectivity index (χ3v) is 5.76. The molecule has 0 spiro atoms. The minimum Gasteiger partial charge on any atom is -0.381 e. The second-order valence-electron chi connectivity index (χ2n) is 6.69. The lowest BCUT2D eigenvalue weighted by Crippen LogP contribution is -2.21. The molecule has 4 nitrogen and oxygen atoms in total. The molecule has 0 bridgehead atoms. The summed E-state index contributed by atoms with van der Waals surface area (Å²) in [4.78, 5) is 1.01. The normalized spacial score (nSPS) is 23.0. The number of benzene rings is 1. The maximum Gasteiger partial charge on any atom is 0.135 e. The highest BCUT2D eigenvalue weighted by atomic mass is 32.1. The highest BCUT2D eigenvalue weighted by molar-refractivity contribution is 7.80. The second kappa shape index (κ2) is 7.49. The van der Waals surface area contributed by atoms with Crippen LogP contribution in [0.15, 0.2) is 22.8 Å². The van der Waals surface area contributed by atoms with Gasteiger partial charge in [-0.15, -0.1) is 0 Å². The van der Waals surface area contributed by atoms with Crippen molar-refractivity contribution in [3.05, 3.63) is 23.8 Å². The van der Waals surface area contributed by atoms with Crippen molar-refractivity contribution in [1.82, 2.24) is 10.3 Å². The lowest BCUT2D eigenvalue weighted by atomic mass is 9.82. The fourth-order valence-electron chi connectivity index (χ4n) is 3.49. The van der Waals surface area contributed by atoms with Crippen LogP contribution in [0.3, 0.4) is 0 Å². The molecule has 1 heterocycles. The molecule has 3 rings (SSSR count). The molecule has 1 saturated carbocycles. The number of hydrogen-bond donors (Lipinski definition) is 0. The Morgan fingerprint density at radius 1 is 1.26 bits per heavy atom. The number of thiocarbonyl (C=S) groups is 1. The third-order valence-electron chi connectivity index (χ3n) is 5.12. The Kier molecular flexibility index (Phi) is 5.38. The number of rotatable bonds is 6. The number of fused-ring (bicyclic) bond motifs is 1. The zero-order chi connectivity index (χ0) is 16.2. The first kappa shape index (κ1) is 16.5. The fourth-order valence-corrected chi connectivity index (χ4v) is 3.74. The van der Waals surface area contributed by atoms with Gasteiger partial charge in [0.2, 0.25) is 0 Å². The van der Waals surface area contributed by atoms with Crippen LogP contribution in [0.2, 0.25) is 0 Å². The summed E-state index contributed by atoms with van der Waals surface area (Å²) in [5.74, 6) is 1.23. The molecular weight excluding hydrogens is 308 g/mol. The van der Waals surface area contributed by atoms with E-state index in [0.29, 0.717) is 12.0 Å². The zero-order valence-electron chi connectivity index (χ0n) is 13.8. The van der Waals surface area contributed by atoms with E-state index in [9.17, 15) is 0 Å². The lowest BCUT2D eigenvalue weighted by Gasteiger charge is -2.28. The van der Waals surface area contributed by atoms with Crippen molar-refractivity contribution in [2.24, 2.45) is 11.8 Å². The molecule has 1 aliphatic carbocycles. The van der Waals surface area contributed by atoms with Crippen molar-refractivity contribution in [3.8, 4) is 0 Å². The summed E-state index contributed by atoms with van der Waals surface area (Å²) >= 11 is 5.69. The maximum absolute atomic E-state index is 5.69. The largest absolute Gasteiger partial charge is 0.381 e. The van der Waals surface area contributed by atoms with Gasteiger partial charge in [0, 0.05) is 12.0 Å². The molecule has 5 heteroatoms. The molecule has 1 atom stereocenters. The van der Waals surface area contributed by atoms with Gasteiger partial charge in [-0.2, -0.15) is 0 Å². The topological polar surface area (TPSA) is 48.2 Å². The van der Waals surface area contributed by atoms with Crippen molar-refractivity contribution in [2.45, 2.75) is 51.6 Å². The first-order valence-electron chi connectivity index (χ1n) is 8.46. The zero-order valence-corrected chi connectivity index (χ0v) is 14.6. The Labute approximate surface area is 142 Å². The van der Waals surface area contributed by atoms with E-state index in [1.54, 1.807) is 0 Å². The SMILES string of the molecule is CO[C@H]1CC[C@H](CCC(C)C(=S)c2ccc3nonc3c2)CC1. The molecule has 1 fully saturated rings. The number of ether oxygens (including phenoxy) is 1. The standard InChI is InChI=1S/C18H24N2O2S/c1-12(3-4-13-5-8-15(21-2)9-6-13)18(23)14-7-10-16-17(11-14)20-22-19-16/h7,10-13,15H,3-6,8-9H2,1-2H3/t12?,13-,15-. The van der Waals surface area contributed by atoms with Gasteiger partial charge in [-0.3, -0.25) is 0 Å². The summed E-state index contributed by atoms with van der Waals surface area (Å²) in [7, 11) is 1.83. The fraction of sp³-hybridized carbons (Fsp3) is 0.611. The molecule has 1 unspecified atom stereocenters. The van der Waals surface area contributed by atoms with Crippen molar-refractivity contribution >= 4 is 28.1 Å². The van der Waals surface area contributed by atoms with Crippen LogP contribution in [-0.4, -0.2) is 28.4 Å². The lowest BCUT2D eigenvalue weighted by molar-refractivity contribution is 0.0550. The van der Waals surface area contributed by atoms with Gasteiger partial charge < -0.3 is 4.74 Å². The summed E-state index contributed by atoms with van der Waals surface area (Å²) in [6.45, 7) is 2.23. The third kappa shape index (κ3) is 3.96. The van der Waals surface area contributed by atoms with Crippen LogP contribution < -0.4 is 0 Å². The van der Waals surface area contributed by atoms with E-state index in [1.165, 1.54) is 32.1 Å². The van der Waals surface area contributed by atoms with Gasteiger partial charge in [-0.1, -0.05) is 25.2 Å². The van der Waals surface area contributed by atoms with Crippen LogP contribution in [0.1, 0.15) is 51.0 Å². The van der Waals surface area contributed by atoms with Gasteiger partial charge in [-0.25, -0.2) is 4.63 Å². The molecule has 2 aromatic rings. The number of methoxy groups -OCH3 is 1. The second-order valence-corrected chi connectivity index (χ2v) is 7.13. The molecular formula is C18H24N2O2S. The molecule has 0 saturated heterocycles. The van der Waals surface area contributed by atoms with Crippen molar-refractivity contribution in [2.75, 3.05) is 7.11 Å². The Balaban J connectivity index is 1.53. The summed E-state index contributed by atoms with van der Waals surface area (Å²) in [6, 6.07) is 5.93. The number of nitrogens with zero attached hydrogens (tertiary/aromatic N) is 2. The smallest absolute Gasteiger partial charge is 0.135 e. The molecule has 0 radical (unpaired) electrons. The first-order chi connectivity index (χ1) is 11.2. The molecule has 1 aromatic carbocycles. The van der Waals surface area contributed by atoms with Gasteiger partial charge in [0.1, 0.15) is 11.0 Å². The monoisotopic (exact) mass is 332 g/mol. The summed E-state index contributed by atoms with van der Waals surface area (Å²) in [5.41, 5.74) is 2.62. The Morgan fingerprint density at radius 2 is 2.00 bits per heavy atom. The highest BCUT2D eigenvalue weighted by Gasteiger charge is 2.22. The predicted molar refractivity (Wildman–Crippen MR) is 94.7 cm³/mol. The van der Waals surface area contributed by atoms with E-state index in [1.807, 2.05) is 25.3 Å². The van der Waals surface area contributed by atoms with Gasteiger partial charge in [0.05, 0.1) is 6.10 Å². The van der Waals surface area contributed by atoms with Crippen molar-refractivity contribution < 1.29 is 9.37 Å². The summed E-state index contributed by atoms with van der Waals surface area (Å²) in [6.07, 6.45) is 7.86. The van der Waals surface area contributed by atoms with Crippen molar-refractivity contribution in [3.63, 3.8) is 0 Å². The van der Waals surface area contributed by atoms with Gasteiger partial charge >= 0.3 is 0 Å². The Hall–Kier alpha value is -1.33. The summed E-state index contributed by atoms with van der Waals surface area (Å²) in [5, 5.41) is 7.73. The highest BCUT2D eigenvalue weighted by Crippen LogP contribution is 2.31.